The smallest absolute Gasteiger partial charge is 0.287 e. The fourth-order valence-corrected chi connectivity index (χ4v) is 2.27. The van der Waals surface area contributed by atoms with Crippen LogP contribution < -0.4 is 10.7 Å². The second-order valence-electron chi connectivity index (χ2n) is 5.33. The number of rotatable bonds is 7. The number of fused-ring (bicyclic) bond motifs is 1. The van der Waals surface area contributed by atoms with E-state index in [1.54, 1.807) is 0 Å². The maximum absolute atomic E-state index is 12.0. The van der Waals surface area contributed by atoms with Gasteiger partial charge >= 0.3 is 0 Å². The van der Waals surface area contributed by atoms with Crippen LogP contribution in [-0.4, -0.2) is 17.6 Å². The van der Waals surface area contributed by atoms with Gasteiger partial charge in [0.2, 0.25) is 0 Å². The quantitative estimate of drug-likeness (QED) is 0.770. The van der Waals surface area contributed by atoms with Gasteiger partial charge in [-0.25, -0.2) is 0 Å². The minimum Gasteiger partial charge on any atom is -0.508 e. The van der Waals surface area contributed by atoms with Crippen LogP contribution in [0, 0.1) is 0 Å². The molecule has 1 amide bonds. The van der Waals surface area contributed by atoms with Gasteiger partial charge in [0.1, 0.15) is 11.3 Å². The molecule has 0 aliphatic heterocycles. The predicted octanol–water partition coefficient (Wildman–Crippen LogP) is 3.20. The van der Waals surface area contributed by atoms with Crippen molar-refractivity contribution >= 4 is 16.9 Å². The molecule has 0 aliphatic rings. The first-order chi connectivity index (χ1) is 10.6. The van der Waals surface area contributed by atoms with Crippen LogP contribution in [0.5, 0.6) is 5.75 Å². The Hall–Kier alpha value is -2.30. The van der Waals surface area contributed by atoms with Crippen LogP contribution in [0.1, 0.15) is 49.6 Å². The zero-order chi connectivity index (χ0) is 15.9. The molecule has 22 heavy (non-hydrogen) atoms. The second kappa shape index (κ2) is 7.64. The van der Waals surface area contributed by atoms with Crippen LogP contribution in [-0.2, 0) is 0 Å². The predicted molar refractivity (Wildman–Crippen MR) is 85.2 cm³/mol. The summed E-state index contributed by atoms with van der Waals surface area (Å²) in [6, 6.07) is 5.41. The van der Waals surface area contributed by atoms with E-state index in [2.05, 4.69) is 12.2 Å². The second-order valence-corrected chi connectivity index (χ2v) is 5.33. The number of carbonyl (C=O) groups excluding carboxylic acids is 1. The van der Waals surface area contributed by atoms with Gasteiger partial charge in [-0.05, 0) is 18.6 Å². The van der Waals surface area contributed by atoms with Crippen LogP contribution in [0.3, 0.4) is 0 Å². The summed E-state index contributed by atoms with van der Waals surface area (Å²) in [4.78, 5) is 23.9. The number of aromatic hydroxyl groups is 1. The maximum atomic E-state index is 12.0. The lowest BCUT2D eigenvalue weighted by Crippen LogP contribution is -2.25. The van der Waals surface area contributed by atoms with Crippen molar-refractivity contribution in [3.63, 3.8) is 0 Å². The zero-order valence-electron chi connectivity index (χ0n) is 12.7. The maximum Gasteiger partial charge on any atom is 0.287 e. The van der Waals surface area contributed by atoms with E-state index in [1.165, 1.54) is 37.1 Å². The molecule has 0 fully saturated rings. The molecule has 0 radical (unpaired) electrons. The van der Waals surface area contributed by atoms with Gasteiger partial charge in [-0.2, -0.15) is 0 Å². The fourth-order valence-electron chi connectivity index (χ4n) is 2.27. The average molecular weight is 303 g/mol. The number of carbonyl (C=O) groups is 1. The number of hydrogen-bond donors (Lipinski definition) is 2. The average Bonchev–Trinajstić information content (AvgIpc) is 2.50. The highest BCUT2D eigenvalue weighted by Crippen LogP contribution is 2.18. The van der Waals surface area contributed by atoms with Gasteiger partial charge < -0.3 is 14.8 Å². The van der Waals surface area contributed by atoms with Gasteiger partial charge in [0.15, 0.2) is 11.2 Å². The van der Waals surface area contributed by atoms with E-state index in [-0.39, 0.29) is 22.5 Å². The Balaban J connectivity index is 2.01. The monoisotopic (exact) mass is 303 g/mol. The number of nitrogens with one attached hydrogen (secondary N) is 1. The molecule has 1 heterocycles. The molecule has 0 saturated carbocycles. The Labute approximate surface area is 129 Å². The van der Waals surface area contributed by atoms with Crippen molar-refractivity contribution in [3.8, 4) is 5.75 Å². The Morgan fingerprint density at radius 3 is 2.73 bits per heavy atom. The molecular formula is C17H21NO4. The van der Waals surface area contributed by atoms with Crippen LogP contribution in [0.25, 0.3) is 11.0 Å². The van der Waals surface area contributed by atoms with E-state index < -0.39 is 5.91 Å². The van der Waals surface area contributed by atoms with Crippen LogP contribution in [0.15, 0.2) is 33.5 Å². The lowest BCUT2D eigenvalue weighted by Gasteiger charge is -2.05. The fraction of sp³-hybridized carbons (Fsp3) is 0.412. The molecule has 5 heteroatoms. The number of unbranched alkanes of at least 4 members (excludes halogenated alkanes) is 4. The molecule has 2 N–H and O–H groups in total. The molecule has 2 rings (SSSR count). The number of amides is 1. The number of phenolic OH excluding ortho intramolecular Hbond substituents is 1. The number of benzene rings is 1. The van der Waals surface area contributed by atoms with Crippen LogP contribution in [0.2, 0.25) is 0 Å². The first-order valence-electron chi connectivity index (χ1n) is 7.67. The van der Waals surface area contributed by atoms with E-state index in [4.69, 9.17) is 4.42 Å². The van der Waals surface area contributed by atoms with Crippen LogP contribution >= 0.6 is 0 Å². The summed E-state index contributed by atoms with van der Waals surface area (Å²) in [5.41, 5.74) is -0.0880. The van der Waals surface area contributed by atoms with E-state index in [0.717, 1.165) is 19.3 Å². The van der Waals surface area contributed by atoms with E-state index >= 15 is 0 Å². The van der Waals surface area contributed by atoms with E-state index in [0.29, 0.717) is 11.9 Å². The van der Waals surface area contributed by atoms with E-state index in [9.17, 15) is 14.7 Å². The molecule has 1 aromatic carbocycles. The summed E-state index contributed by atoms with van der Waals surface area (Å²) in [5.74, 6) is -0.446. The molecule has 0 unspecified atom stereocenters. The highest BCUT2D eigenvalue weighted by molar-refractivity contribution is 5.93. The summed E-state index contributed by atoms with van der Waals surface area (Å²) in [7, 11) is 0. The highest BCUT2D eigenvalue weighted by atomic mass is 16.3. The van der Waals surface area contributed by atoms with Crippen molar-refractivity contribution in [3.05, 3.63) is 40.2 Å². The summed E-state index contributed by atoms with van der Waals surface area (Å²) < 4.78 is 5.41. The molecule has 5 nitrogen and oxygen atoms in total. The Morgan fingerprint density at radius 1 is 1.18 bits per heavy atom. The standard InChI is InChI=1S/C17H21NO4/c1-2-3-4-5-6-9-18-17(21)16-11-14(20)13-8-7-12(19)10-15(13)22-16/h7-8,10-11,19H,2-6,9H2,1H3,(H,18,21). The molecular weight excluding hydrogens is 282 g/mol. The van der Waals surface area contributed by atoms with Gasteiger partial charge in [0, 0.05) is 18.7 Å². The van der Waals surface area contributed by atoms with Crippen LogP contribution in [0.4, 0.5) is 0 Å². The highest BCUT2D eigenvalue weighted by Gasteiger charge is 2.12. The molecule has 0 bridgehead atoms. The van der Waals surface area contributed by atoms with E-state index in [1.807, 2.05) is 0 Å². The van der Waals surface area contributed by atoms with Gasteiger partial charge in [-0.3, -0.25) is 9.59 Å². The van der Waals surface area contributed by atoms with Crippen molar-refractivity contribution in [2.75, 3.05) is 6.54 Å². The molecule has 0 spiro atoms. The molecule has 0 saturated heterocycles. The van der Waals surface area contributed by atoms with Crippen molar-refractivity contribution in [1.29, 1.82) is 0 Å². The molecule has 0 atom stereocenters. The first-order valence-corrected chi connectivity index (χ1v) is 7.67. The minimum absolute atomic E-state index is 0.0101. The molecule has 0 aliphatic carbocycles. The largest absolute Gasteiger partial charge is 0.508 e. The third-order valence-electron chi connectivity index (χ3n) is 3.50. The molecule has 2 aromatic rings. The zero-order valence-corrected chi connectivity index (χ0v) is 12.7. The third kappa shape index (κ3) is 4.10. The van der Waals surface area contributed by atoms with Gasteiger partial charge in [0.05, 0.1) is 5.39 Å². The summed E-state index contributed by atoms with van der Waals surface area (Å²) >= 11 is 0. The molecule has 1 aromatic heterocycles. The normalized spacial score (nSPS) is 10.8. The van der Waals surface area contributed by atoms with Gasteiger partial charge in [0.25, 0.3) is 5.91 Å². The van der Waals surface area contributed by atoms with Gasteiger partial charge in [-0.1, -0.05) is 32.6 Å². The number of phenols is 1. The Morgan fingerprint density at radius 2 is 1.95 bits per heavy atom. The topological polar surface area (TPSA) is 79.5 Å². The lowest BCUT2D eigenvalue weighted by molar-refractivity contribution is 0.0925. The number of hydrogen-bond acceptors (Lipinski definition) is 4. The summed E-state index contributed by atoms with van der Waals surface area (Å²) in [6.45, 7) is 2.71. The van der Waals surface area contributed by atoms with Gasteiger partial charge in [-0.15, -0.1) is 0 Å². The van der Waals surface area contributed by atoms with Crippen molar-refractivity contribution in [1.82, 2.24) is 5.32 Å². The summed E-state index contributed by atoms with van der Waals surface area (Å²) in [6.07, 6.45) is 5.53. The lowest BCUT2D eigenvalue weighted by atomic mass is 10.1. The minimum atomic E-state index is -0.405. The van der Waals surface area contributed by atoms with Crippen molar-refractivity contribution in [2.24, 2.45) is 0 Å². The first kappa shape index (κ1) is 16.1. The van der Waals surface area contributed by atoms with Crippen molar-refractivity contribution < 1.29 is 14.3 Å². The summed E-state index contributed by atoms with van der Waals surface area (Å²) in [5, 5.41) is 12.5. The SMILES string of the molecule is CCCCCCCNC(=O)c1cc(=O)c2ccc(O)cc2o1. The Kier molecular flexibility index (Phi) is 5.58. The Bertz CT molecular complexity index is 705. The molecule has 118 valence electrons. The van der Waals surface area contributed by atoms with Crippen molar-refractivity contribution in [2.45, 2.75) is 39.0 Å². The third-order valence-corrected chi connectivity index (χ3v) is 3.50.